The Bertz CT molecular complexity index is 653. The van der Waals surface area contributed by atoms with Crippen LogP contribution < -0.4 is 11.5 Å². The van der Waals surface area contributed by atoms with Gasteiger partial charge in [-0.15, -0.1) is 0 Å². The third-order valence-electron chi connectivity index (χ3n) is 2.16. The van der Waals surface area contributed by atoms with Crippen molar-refractivity contribution < 1.29 is 4.21 Å². The average Bonchev–Trinajstić information content (AvgIpc) is 2.90. The highest BCUT2D eigenvalue weighted by Gasteiger charge is 1.91. The fraction of sp³-hybridized carbons (Fsp3) is 0. The molecule has 0 radical (unpaired) electrons. The van der Waals surface area contributed by atoms with Crippen molar-refractivity contribution in [2.24, 2.45) is 0 Å². The number of halogens is 2. The highest BCUT2D eigenvalue weighted by molar-refractivity contribution is 8.26. The second-order valence-electron chi connectivity index (χ2n) is 3.57. The zero-order chi connectivity index (χ0) is 15.7. The van der Waals surface area contributed by atoms with E-state index in [-0.39, 0.29) is 0 Å². The van der Waals surface area contributed by atoms with Gasteiger partial charge in [-0.3, -0.25) is 0 Å². The SMILES string of the molecule is Nc1ccccc1N.O=S(Cl)Cl.c1ccc2nsnc2c1. The number of aromatic nitrogens is 2. The maximum atomic E-state index is 9.09. The minimum atomic E-state index is -1.67. The van der Waals surface area contributed by atoms with Gasteiger partial charge >= 0.3 is 0 Å². The van der Waals surface area contributed by atoms with Gasteiger partial charge in [0.05, 0.1) is 23.1 Å². The topological polar surface area (TPSA) is 94.9 Å². The van der Waals surface area contributed by atoms with Crippen LogP contribution >= 0.6 is 33.1 Å². The summed E-state index contributed by atoms with van der Waals surface area (Å²) >= 11 is 1.25. The molecule has 4 N–H and O–H groups in total. The van der Waals surface area contributed by atoms with E-state index in [9.17, 15) is 0 Å². The summed E-state index contributed by atoms with van der Waals surface area (Å²) in [4.78, 5) is 0. The minimum absolute atomic E-state index is 0.646. The van der Waals surface area contributed by atoms with E-state index in [2.05, 4.69) is 30.1 Å². The van der Waals surface area contributed by atoms with Crippen molar-refractivity contribution in [1.29, 1.82) is 0 Å². The third kappa shape index (κ3) is 7.24. The molecule has 0 saturated heterocycles. The van der Waals surface area contributed by atoms with Gasteiger partial charge in [0.25, 0.3) is 0 Å². The van der Waals surface area contributed by atoms with Gasteiger partial charge in [0.1, 0.15) is 11.0 Å². The lowest BCUT2D eigenvalue weighted by molar-refractivity contribution is 0.698. The number of para-hydroxylation sites is 2. The summed E-state index contributed by atoms with van der Waals surface area (Å²) in [6.45, 7) is 0. The highest BCUT2D eigenvalue weighted by Crippen LogP contribution is 2.10. The van der Waals surface area contributed by atoms with Gasteiger partial charge in [0, 0.05) is 21.4 Å². The molecule has 0 bridgehead atoms. The monoisotopic (exact) mass is 362 g/mol. The van der Waals surface area contributed by atoms with E-state index in [0.29, 0.717) is 11.4 Å². The lowest BCUT2D eigenvalue weighted by Gasteiger charge is -1.94. The van der Waals surface area contributed by atoms with Gasteiger partial charge in [0.2, 0.25) is 9.23 Å². The first-order valence-electron chi connectivity index (χ1n) is 5.52. The molecule has 0 saturated carbocycles. The second kappa shape index (κ2) is 9.51. The van der Waals surface area contributed by atoms with E-state index in [0.717, 1.165) is 11.0 Å². The number of nitrogens with two attached hydrogens (primary N) is 2. The Morgan fingerprint density at radius 1 is 0.857 bits per heavy atom. The van der Waals surface area contributed by atoms with E-state index in [1.807, 2.05) is 36.4 Å². The largest absolute Gasteiger partial charge is 0.397 e. The van der Waals surface area contributed by atoms with Gasteiger partial charge in [-0.2, -0.15) is 8.75 Å². The Hall–Kier alpha value is -1.41. The summed E-state index contributed by atoms with van der Waals surface area (Å²) in [6.07, 6.45) is 0. The number of hydrogen-bond donors (Lipinski definition) is 2. The molecule has 0 unspecified atom stereocenters. The Kier molecular flexibility index (Phi) is 7.99. The van der Waals surface area contributed by atoms with Crippen LogP contribution in [-0.4, -0.2) is 13.0 Å². The maximum absolute atomic E-state index is 9.09. The van der Waals surface area contributed by atoms with Crippen LogP contribution in [0.2, 0.25) is 0 Å². The van der Waals surface area contributed by atoms with Crippen LogP contribution in [0.4, 0.5) is 11.4 Å². The van der Waals surface area contributed by atoms with Crippen molar-refractivity contribution in [3.8, 4) is 0 Å². The average molecular weight is 363 g/mol. The first-order valence-corrected chi connectivity index (χ1v) is 9.05. The van der Waals surface area contributed by atoms with Crippen molar-refractivity contribution in [3.05, 3.63) is 48.5 Å². The number of anilines is 2. The Balaban J connectivity index is 0.000000171. The highest BCUT2D eigenvalue weighted by atomic mass is 36.0. The number of fused-ring (bicyclic) bond motifs is 1. The van der Waals surface area contributed by atoms with Gasteiger partial charge in [0.15, 0.2) is 0 Å². The normalized spacial score (nSPS) is 9.48. The quantitative estimate of drug-likeness (QED) is 0.470. The molecule has 9 heteroatoms. The van der Waals surface area contributed by atoms with Gasteiger partial charge in [-0.1, -0.05) is 24.3 Å². The molecule has 1 aromatic heterocycles. The Morgan fingerprint density at radius 3 is 1.52 bits per heavy atom. The van der Waals surface area contributed by atoms with E-state index in [1.54, 1.807) is 12.1 Å². The standard InChI is InChI=1S/C6H4N2S.C6H8N2.Cl2OS/c1-2-4-6-5(3-1)7-9-8-6;7-5-3-1-2-4-6(5)8;1-4(2)3/h1-4H;1-4H,7-8H2;. The predicted octanol–water partition coefficient (Wildman–Crippen LogP) is 3.59. The van der Waals surface area contributed by atoms with Crippen LogP contribution in [0.3, 0.4) is 0 Å². The van der Waals surface area contributed by atoms with Crippen LogP contribution in [0.1, 0.15) is 0 Å². The molecule has 3 rings (SSSR count). The molecule has 0 fully saturated rings. The number of hydrogen-bond acceptors (Lipinski definition) is 6. The minimum Gasteiger partial charge on any atom is -0.397 e. The molecule has 2 aromatic carbocycles. The summed E-state index contributed by atoms with van der Waals surface area (Å²) in [6, 6.07) is 15.1. The Morgan fingerprint density at radius 2 is 1.19 bits per heavy atom. The Labute approximate surface area is 137 Å². The molecule has 0 aliphatic carbocycles. The van der Waals surface area contributed by atoms with Crippen LogP contribution in [0.25, 0.3) is 11.0 Å². The molecular formula is C12H12Cl2N4OS2. The number of nitrogen functional groups attached to an aromatic ring is 2. The molecule has 5 nitrogen and oxygen atoms in total. The van der Waals surface area contributed by atoms with Crippen molar-refractivity contribution in [2.75, 3.05) is 11.5 Å². The van der Waals surface area contributed by atoms with Crippen LogP contribution in [0.5, 0.6) is 0 Å². The van der Waals surface area contributed by atoms with Gasteiger partial charge in [-0.25, -0.2) is 4.21 Å². The maximum Gasteiger partial charge on any atom is 0.211 e. The predicted molar refractivity (Wildman–Crippen MR) is 92.5 cm³/mol. The molecule has 21 heavy (non-hydrogen) atoms. The smallest absolute Gasteiger partial charge is 0.211 e. The lowest BCUT2D eigenvalue weighted by Crippen LogP contribution is -1.91. The second-order valence-corrected chi connectivity index (χ2v) is 6.62. The first-order chi connectivity index (χ1) is 10.0. The summed E-state index contributed by atoms with van der Waals surface area (Å²) in [5.41, 5.74) is 14.1. The van der Waals surface area contributed by atoms with E-state index < -0.39 is 9.23 Å². The summed E-state index contributed by atoms with van der Waals surface area (Å²) in [7, 11) is 7.36. The molecule has 0 atom stereocenters. The number of nitrogens with zero attached hydrogens (tertiary/aromatic N) is 2. The third-order valence-corrected chi connectivity index (χ3v) is 2.71. The van der Waals surface area contributed by atoms with E-state index in [4.69, 9.17) is 15.7 Å². The summed E-state index contributed by atoms with van der Waals surface area (Å²) in [5, 5.41) is 0. The van der Waals surface area contributed by atoms with Crippen molar-refractivity contribution in [3.63, 3.8) is 0 Å². The molecule has 0 spiro atoms. The van der Waals surface area contributed by atoms with E-state index >= 15 is 0 Å². The van der Waals surface area contributed by atoms with Crippen molar-refractivity contribution in [2.45, 2.75) is 0 Å². The summed E-state index contributed by atoms with van der Waals surface area (Å²) in [5.74, 6) is 0. The van der Waals surface area contributed by atoms with E-state index in [1.165, 1.54) is 11.7 Å². The van der Waals surface area contributed by atoms with Crippen molar-refractivity contribution >= 4 is 64.7 Å². The molecule has 3 aromatic rings. The lowest BCUT2D eigenvalue weighted by atomic mass is 10.3. The molecule has 112 valence electrons. The zero-order valence-electron chi connectivity index (χ0n) is 10.6. The molecular weight excluding hydrogens is 351 g/mol. The van der Waals surface area contributed by atoms with Crippen LogP contribution in [0, 0.1) is 0 Å². The molecule has 0 aliphatic rings. The number of benzene rings is 2. The van der Waals surface area contributed by atoms with Crippen LogP contribution in [-0.2, 0) is 9.23 Å². The fourth-order valence-corrected chi connectivity index (χ4v) is 1.76. The molecule has 0 aliphatic heterocycles. The van der Waals surface area contributed by atoms with Gasteiger partial charge < -0.3 is 11.5 Å². The summed E-state index contributed by atoms with van der Waals surface area (Å²) < 4.78 is 17.2. The first kappa shape index (κ1) is 17.6. The van der Waals surface area contributed by atoms with Crippen molar-refractivity contribution in [1.82, 2.24) is 8.75 Å². The van der Waals surface area contributed by atoms with Gasteiger partial charge in [-0.05, 0) is 24.3 Å². The zero-order valence-corrected chi connectivity index (χ0v) is 13.8. The fourth-order valence-electron chi connectivity index (χ4n) is 1.24. The van der Waals surface area contributed by atoms with Crippen LogP contribution in [0.15, 0.2) is 48.5 Å². The molecule has 0 amide bonds. The number of rotatable bonds is 0. The molecule has 1 heterocycles.